The highest BCUT2D eigenvalue weighted by Gasteiger charge is 2.36. The smallest absolute Gasteiger partial charge is 0.388 e. The van der Waals surface area contributed by atoms with Crippen LogP contribution in [0.1, 0.15) is 36.8 Å². The van der Waals surface area contributed by atoms with E-state index in [1.54, 1.807) is 11.0 Å². The third-order valence-corrected chi connectivity index (χ3v) is 5.37. The molecule has 0 saturated carbocycles. The lowest BCUT2D eigenvalue weighted by Crippen LogP contribution is -2.52. The summed E-state index contributed by atoms with van der Waals surface area (Å²) in [6, 6.07) is 4.91. The van der Waals surface area contributed by atoms with Gasteiger partial charge in [0.25, 0.3) is 0 Å². The molecule has 144 valence electrons. The van der Waals surface area contributed by atoms with E-state index in [2.05, 4.69) is 4.90 Å². The second-order valence-electron chi connectivity index (χ2n) is 7.46. The van der Waals surface area contributed by atoms with Crippen molar-refractivity contribution in [3.8, 4) is 0 Å². The molecule has 0 bridgehead atoms. The van der Waals surface area contributed by atoms with Gasteiger partial charge in [-0.1, -0.05) is 18.2 Å². The molecular weight excluding hydrogens is 345 g/mol. The molecule has 2 fully saturated rings. The Morgan fingerprint density at radius 1 is 1.12 bits per heavy atom. The van der Waals surface area contributed by atoms with Gasteiger partial charge in [0.15, 0.2) is 0 Å². The first-order valence-corrected chi connectivity index (χ1v) is 9.14. The average Bonchev–Trinajstić information content (AvgIpc) is 3.07. The highest BCUT2D eigenvalue weighted by Crippen LogP contribution is 2.30. The van der Waals surface area contributed by atoms with Gasteiger partial charge in [-0.3, -0.25) is 4.79 Å². The predicted octanol–water partition coefficient (Wildman–Crippen LogP) is 2.70. The number of rotatable bonds is 4. The van der Waals surface area contributed by atoms with Gasteiger partial charge in [0.2, 0.25) is 5.91 Å². The predicted molar refractivity (Wildman–Crippen MR) is 91.6 cm³/mol. The van der Waals surface area contributed by atoms with Gasteiger partial charge in [-0.05, 0) is 50.4 Å². The molecule has 4 nitrogen and oxygen atoms in total. The molecule has 0 aromatic heterocycles. The zero-order valence-electron chi connectivity index (χ0n) is 14.8. The van der Waals surface area contributed by atoms with E-state index < -0.39 is 17.3 Å². The number of likely N-dealkylation sites (tertiary alicyclic amines) is 2. The molecule has 0 radical (unpaired) electrons. The molecule has 1 aromatic carbocycles. The highest BCUT2D eigenvalue weighted by atomic mass is 19.4. The van der Waals surface area contributed by atoms with Crippen LogP contribution in [-0.2, 0) is 17.4 Å². The first-order chi connectivity index (χ1) is 12.3. The van der Waals surface area contributed by atoms with Crippen LogP contribution in [-0.4, -0.2) is 59.1 Å². The summed E-state index contributed by atoms with van der Waals surface area (Å²) in [5.41, 5.74) is -1.14. The molecule has 0 unspecified atom stereocenters. The maximum Gasteiger partial charge on any atom is 0.416 e. The molecule has 2 saturated heterocycles. The lowest BCUT2D eigenvalue weighted by Gasteiger charge is -2.40. The summed E-state index contributed by atoms with van der Waals surface area (Å²) < 4.78 is 38.4. The normalized spacial score (nSPS) is 21.2. The third-order valence-electron chi connectivity index (χ3n) is 5.37. The fourth-order valence-corrected chi connectivity index (χ4v) is 3.83. The van der Waals surface area contributed by atoms with Crippen molar-refractivity contribution in [1.29, 1.82) is 0 Å². The number of piperidine rings is 1. The topological polar surface area (TPSA) is 43.8 Å². The minimum atomic E-state index is -4.41. The van der Waals surface area contributed by atoms with Gasteiger partial charge in [0, 0.05) is 19.6 Å². The minimum Gasteiger partial charge on any atom is -0.388 e. The lowest BCUT2D eigenvalue weighted by molar-refractivity contribution is -0.138. The Balaban J connectivity index is 1.54. The number of nitrogens with zero attached hydrogens (tertiary/aromatic N) is 2. The quantitative estimate of drug-likeness (QED) is 0.886. The van der Waals surface area contributed by atoms with Crippen LogP contribution in [0.2, 0.25) is 0 Å². The SMILES string of the molecule is O=C(Cc1cccc(C(F)(F)F)c1)N1CCC(O)(CN2CCCC2)CC1. The first-order valence-electron chi connectivity index (χ1n) is 9.14. The van der Waals surface area contributed by atoms with Crippen LogP contribution >= 0.6 is 0 Å². The molecule has 7 heteroatoms. The van der Waals surface area contributed by atoms with Gasteiger partial charge in [0.1, 0.15) is 0 Å². The number of hydrogen-bond acceptors (Lipinski definition) is 3. The van der Waals surface area contributed by atoms with Crippen molar-refractivity contribution in [3.63, 3.8) is 0 Å². The molecule has 1 amide bonds. The number of carbonyl (C=O) groups excluding carboxylic acids is 1. The Morgan fingerprint density at radius 3 is 2.38 bits per heavy atom. The summed E-state index contributed by atoms with van der Waals surface area (Å²) in [6.45, 7) is 3.56. The summed E-state index contributed by atoms with van der Waals surface area (Å²) in [7, 11) is 0. The number of benzene rings is 1. The molecule has 0 atom stereocenters. The van der Waals surface area contributed by atoms with Crippen molar-refractivity contribution < 1.29 is 23.1 Å². The molecule has 26 heavy (non-hydrogen) atoms. The monoisotopic (exact) mass is 370 g/mol. The summed E-state index contributed by atoms with van der Waals surface area (Å²) in [5.74, 6) is -0.187. The lowest BCUT2D eigenvalue weighted by atomic mass is 9.90. The zero-order valence-corrected chi connectivity index (χ0v) is 14.8. The number of aliphatic hydroxyl groups is 1. The minimum absolute atomic E-state index is 0.0471. The van der Waals surface area contributed by atoms with Gasteiger partial charge in [-0.2, -0.15) is 13.2 Å². The molecule has 1 N–H and O–H groups in total. The summed E-state index contributed by atoms with van der Waals surface area (Å²) in [6.07, 6.45) is -1.10. The van der Waals surface area contributed by atoms with Gasteiger partial charge < -0.3 is 14.9 Å². The van der Waals surface area contributed by atoms with Gasteiger partial charge in [-0.25, -0.2) is 0 Å². The number of amides is 1. The molecule has 3 rings (SSSR count). The highest BCUT2D eigenvalue weighted by molar-refractivity contribution is 5.79. The fourth-order valence-electron chi connectivity index (χ4n) is 3.83. The Labute approximate surface area is 151 Å². The van der Waals surface area contributed by atoms with E-state index in [0.29, 0.717) is 38.0 Å². The number of hydrogen-bond donors (Lipinski definition) is 1. The number of halogens is 3. The molecule has 2 heterocycles. The number of β-amino-alcohol motifs (C(OH)–C–C–N with tert-alkyl or cyclic N) is 1. The number of alkyl halides is 3. The van der Waals surface area contributed by atoms with E-state index in [1.807, 2.05) is 0 Å². The van der Waals surface area contributed by atoms with Gasteiger partial charge in [-0.15, -0.1) is 0 Å². The van der Waals surface area contributed by atoms with Crippen LogP contribution in [0.25, 0.3) is 0 Å². The van der Waals surface area contributed by atoms with Gasteiger partial charge >= 0.3 is 6.18 Å². The maximum atomic E-state index is 12.8. The van der Waals surface area contributed by atoms with Crippen molar-refractivity contribution in [2.45, 2.75) is 43.9 Å². The van der Waals surface area contributed by atoms with E-state index in [4.69, 9.17) is 0 Å². The van der Waals surface area contributed by atoms with Crippen molar-refractivity contribution in [1.82, 2.24) is 9.80 Å². The van der Waals surface area contributed by atoms with Crippen LogP contribution in [0.3, 0.4) is 0 Å². The van der Waals surface area contributed by atoms with E-state index in [1.165, 1.54) is 6.07 Å². The van der Waals surface area contributed by atoms with Gasteiger partial charge in [0.05, 0.1) is 17.6 Å². The Hall–Kier alpha value is -1.60. The zero-order chi connectivity index (χ0) is 18.8. The Bertz CT molecular complexity index is 634. The van der Waals surface area contributed by atoms with Crippen molar-refractivity contribution >= 4 is 5.91 Å². The van der Waals surface area contributed by atoms with Crippen LogP contribution in [0.15, 0.2) is 24.3 Å². The Kier molecular flexibility index (Phi) is 5.58. The standard InChI is InChI=1S/C19H25F3N2O2/c20-19(21,22)16-5-3-4-15(12-16)13-17(25)24-10-6-18(26,7-11-24)14-23-8-1-2-9-23/h3-5,12,26H,1-2,6-11,13-14H2. The average molecular weight is 370 g/mol. The van der Waals surface area contributed by atoms with Crippen LogP contribution in [0.4, 0.5) is 13.2 Å². The summed E-state index contributed by atoms with van der Waals surface area (Å²) >= 11 is 0. The van der Waals surface area contributed by atoms with Crippen molar-refractivity contribution in [2.75, 3.05) is 32.7 Å². The van der Waals surface area contributed by atoms with Crippen LogP contribution in [0.5, 0.6) is 0 Å². The molecular formula is C19H25F3N2O2. The second kappa shape index (κ2) is 7.56. The van der Waals surface area contributed by atoms with E-state index in [-0.39, 0.29) is 12.3 Å². The largest absolute Gasteiger partial charge is 0.416 e. The maximum absolute atomic E-state index is 12.8. The van der Waals surface area contributed by atoms with E-state index >= 15 is 0 Å². The third kappa shape index (κ3) is 4.76. The van der Waals surface area contributed by atoms with E-state index in [9.17, 15) is 23.1 Å². The second-order valence-corrected chi connectivity index (χ2v) is 7.46. The number of carbonyl (C=O) groups is 1. The fraction of sp³-hybridized carbons (Fsp3) is 0.632. The Morgan fingerprint density at radius 2 is 1.77 bits per heavy atom. The summed E-state index contributed by atoms with van der Waals surface area (Å²) in [5, 5.41) is 10.7. The van der Waals surface area contributed by atoms with Crippen LogP contribution < -0.4 is 0 Å². The van der Waals surface area contributed by atoms with Crippen molar-refractivity contribution in [3.05, 3.63) is 35.4 Å². The molecule has 2 aliphatic rings. The molecule has 1 aromatic rings. The first kappa shape index (κ1) is 19.2. The summed E-state index contributed by atoms with van der Waals surface area (Å²) in [4.78, 5) is 16.4. The van der Waals surface area contributed by atoms with Crippen LogP contribution in [0, 0.1) is 0 Å². The molecule has 0 aliphatic carbocycles. The molecule has 2 aliphatic heterocycles. The molecule has 0 spiro atoms. The van der Waals surface area contributed by atoms with E-state index in [0.717, 1.165) is 38.1 Å². The van der Waals surface area contributed by atoms with Crippen molar-refractivity contribution in [2.24, 2.45) is 0 Å².